The zero-order valence-electron chi connectivity index (χ0n) is 10.5. The molecule has 98 valence electrons. The Hall–Kier alpha value is -2.17. The number of amides is 3. The van der Waals surface area contributed by atoms with Crippen LogP contribution in [0.4, 0.5) is 0 Å². The van der Waals surface area contributed by atoms with Crippen molar-refractivity contribution in [1.29, 1.82) is 0 Å². The predicted molar refractivity (Wildman–Crippen MR) is 67.6 cm³/mol. The average Bonchev–Trinajstić information content (AvgIpc) is 3.03. The monoisotopic (exact) mass is 258 g/mol. The van der Waals surface area contributed by atoms with Gasteiger partial charge < -0.3 is 4.90 Å². The number of rotatable bonds is 2. The molecule has 0 N–H and O–H groups in total. The van der Waals surface area contributed by atoms with Crippen molar-refractivity contribution in [3.8, 4) is 0 Å². The molecule has 3 amide bonds. The van der Waals surface area contributed by atoms with E-state index >= 15 is 0 Å². The minimum Gasteiger partial charge on any atom is -0.341 e. The molecule has 1 saturated heterocycles. The van der Waals surface area contributed by atoms with Crippen LogP contribution in [0.2, 0.25) is 0 Å². The molecular weight excluding hydrogens is 244 g/mol. The van der Waals surface area contributed by atoms with E-state index in [4.69, 9.17) is 0 Å². The van der Waals surface area contributed by atoms with Crippen molar-refractivity contribution in [2.45, 2.75) is 12.8 Å². The molecule has 0 spiro atoms. The highest BCUT2D eigenvalue weighted by Gasteiger charge is 2.37. The maximum Gasteiger partial charge on any atom is 0.262 e. The Morgan fingerprint density at radius 2 is 1.53 bits per heavy atom. The first-order chi connectivity index (χ1) is 9.18. The quantitative estimate of drug-likeness (QED) is 0.741. The lowest BCUT2D eigenvalue weighted by molar-refractivity contribution is -0.130. The molecule has 1 aromatic rings. The molecule has 0 unspecified atom stereocenters. The van der Waals surface area contributed by atoms with Crippen molar-refractivity contribution in [1.82, 2.24) is 9.80 Å². The van der Waals surface area contributed by atoms with Crippen LogP contribution < -0.4 is 0 Å². The number of imide groups is 1. The first-order valence-electron chi connectivity index (χ1n) is 6.41. The molecule has 0 aromatic heterocycles. The molecule has 2 aliphatic heterocycles. The maximum atomic E-state index is 12.1. The van der Waals surface area contributed by atoms with E-state index in [2.05, 4.69) is 0 Å². The summed E-state index contributed by atoms with van der Waals surface area (Å²) in [6, 6.07) is 6.68. The van der Waals surface area contributed by atoms with E-state index in [1.807, 2.05) is 0 Å². The summed E-state index contributed by atoms with van der Waals surface area (Å²) in [5.41, 5.74) is 0.781. The molecule has 5 nitrogen and oxygen atoms in total. The summed E-state index contributed by atoms with van der Waals surface area (Å²) in [6.45, 7) is 1.30. The topological polar surface area (TPSA) is 57.7 Å². The van der Waals surface area contributed by atoms with Gasteiger partial charge in [0.25, 0.3) is 11.8 Å². The van der Waals surface area contributed by atoms with Crippen molar-refractivity contribution in [2.75, 3.05) is 19.6 Å². The molecule has 19 heavy (non-hydrogen) atoms. The summed E-state index contributed by atoms with van der Waals surface area (Å²) in [6.07, 6.45) is 1.99. The van der Waals surface area contributed by atoms with Gasteiger partial charge in [0.2, 0.25) is 5.91 Å². The lowest BCUT2D eigenvalue weighted by Gasteiger charge is -2.19. The number of likely N-dealkylation sites (tertiary alicyclic amines) is 1. The van der Waals surface area contributed by atoms with Gasteiger partial charge in [-0.1, -0.05) is 12.1 Å². The fourth-order valence-electron chi connectivity index (χ4n) is 2.58. The Kier molecular flexibility index (Phi) is 2.81. The number of carbonyl (C=O) groups excluding carboxylic acids is 3. The Labute approximate surface area is 110 Å². The second-order valence-corrected chi connectivity index (χ2v) is 4.83. The molecule has 2 aliphatic rings. The van der Waals surface area contributed by atoms with Crippen LogP contribution in [-0.4, -0.2) is 47.2 Å². The number of hydrogen-bond acceptors (Lipinski definition) is 3. The minimum absolute atomic E-state index is 0.146. The summed E-state index contributed by atoms with van der Waals surface area (Å²) >= 11 is 0. The number of fused-ring (bicyclic) bond motifs is 1. The Morgan fingerprint density at radius 1 is 1.00 bits per heavy atom. The van der Waals surface area contributed by atoms with E-state index in [1.165, 1.54) is 0 Å². The molecule has 3 rings (SSSR count). The summed E-state index contributed by atoms with van der Waals surface area (Å²) < 4.78 is 0. The van der Waals surface area contributed by atoms with Gasteiger partial charge in [-0.15, -0.1) is 0 Å². The normalized spacial score (nSPS) is 18.1. The Bertz CT molecular complexity index is 527. The van der Waals surface area contributed by atoms with Gasteiger partial charge in [0.05, 0.1) is 11.1 Å². The van der Waals surface area contributed by atoms with Crippen LogP contribution >= 0.6 is 0 Å². The van der Waals surface area contributed by atoms with Gasteiger partial charge in [0, 0.05) is 13.1 Å². The third-order valence-electron chi connectivity index (χ3n) is 3.63. The van der Waals surface area contributed by atoms with Gasteiger partial charge in [-0.25, -0.2) is 0 Å². The second-order valence-electron chi connectivity index (χ2n) is 4.83. The zero-order valence-corrected chi connectivity index (χ0v) is 10.5. The third kappa shape index (κ3) is 1.91. The van der Waals surface area contributed by atoms with Crippen molar-refractivity contribution in [3.05, 3.63) is 35.4 Å². The molecular formula is C14H14N2O3. The molecule has 1 fully saturated rings. The van der Waals surface area contributed by atoms with Crippen LogP contribution in [0.1, 0.15) is 33.6 Å². The largest absolute Gasteiger partial charge is 0.341 e. The van der Waals surface area contributed by atoms with Crippen LogP contribution in [0.15, 0.2) is 24.3 Å². The van der Waals surface area contributed by atoms with Crippen LogP contribution in [-0.2, 0) is 4.79 Å². The van der Waals surface area contributed by atoms with Crippen LogP contribution in [0.5, 0.6) is 0 Å². The minimum atomic E-state index is -0.367. The Balaban J connectivity index is 1.78. The fourth-order valence-corrected chi connectivity index (χ4v) is 2.58. The number of hydrogen-bond donors (Lipinski definition) is 0. The molecule has 5 heteroatoms. The summed E-state index contributed by atoms with van der Waals surface area (Å²) in [7, 11) is 0. The number of benzene rings is 1. The molecule has 0 bridgehead atoms. The van der Waals surface area contributed by atoms with Crippen molar-refractivity contribution in [2.24, 2.45) is 0 Å². The summed E-state index contributed by atoms with van der Waals surface area (Å²) in [4.78, 5) is 39.0. The zero-order chi connectivity index (χ0) is 13.4. The molecule has 0 saturated carbocycles. The molecule has 0 radical (unpaired) electrons. The van der Waals surface area contributed by atoms with Gasteiger partial charge in [-0.2, -0.15) is 0 Å². The lowest BCUT2D eigenvalue weighted by Crippen LogP contribution is -2.41. The smallest absolute Gasteiger partial charge is 0.262 e. The standard InChI is InChI=1S/C14H14N2O3/c17-12(15-7-3-4-8-15)9-16-13(18)10-5-1-2-6-11(10)14(16)19/h1-2,5-6H,3-4,7-9H2. The molecule has 0 aliphatic carbocycles. The lowest BCUT2D eigenvalue weighted by atomic mass is 10.1. The van der Waals surface area contributed by atoms with Gasteiger partial charge in [0.1, 0.15) is 6.54 Å². The van der Waals surface area contributed by atoms with E-state index in [0.717, 1.165) is 30.8 Å². The SMILES string of the molecule is O=C(CN1C(=O)c2ccccc2C1=O)N1CCCC1. The third-order valence-corrected chi connectivity index (χ3v) is 3.63. The van der Waals surface area contributed by atoms with E-state index in [0.29, 0.717) is 11.1 Å². The highest BCUT2D eigenvalue weighted by molar-refractivity contribution is 6.22. The van der Waals surface area contributed by atoms with Crippen LogP contribution in [0.3, 0.4) is 0 Å². The van der Waals surface area contributed by atoms with Gasteiger partial charge in [-0.05, 0) is 25.0 Å². The van der Waals surface area contributed by atoms with Crippen molar-refractivity contribution in [3.63, 3.8) is 0 Å². The molecule has 1 aromatic carbocycles. The summed E-state index contributed by atoms with van der Waals surface area (Å²) in [5, 5.41) is 0. The van der Waals surface area contributed by atoms with E-state index in [1.54, 1.807) is 29.2 Å². The van der Waals surface area contributed by atoms with E-state index in [9.17, 15) is 14.4 Å². The van der Waals surface area contributed by atoms with Gasteiger partial charge in [-0.3, -0.25) is 19.3 Å². The molecule has 2 heterocycles. The number of carbonyl (C=O) groups is 3. The van der Waals surface area contributed by atoms with E-state index < -0.39 is 0 Å². The van der Waals surface area contributed by atoms with Crippen LogP contribution in [0, 0.1) is 0 Å². The maximum absolute atomic E-state index is 12.1. The van der Waals surface area contributed by atoms with E-state index in [-0.39, 0.29) is 24.3 Å². The Morgan fingerprint density at radius 3 is 2.05 bits per heavy atom. The van der Waals surface area contributed by atoms with Gasteiger partial charge in [0.15, 0.2) is 0 Å². The van der Waals surface area contributed by atoms with Crippen molar-refractivity contribution < 1.29 is 14.4 Å². The second kappa shape index (κ2) is 4.50. The highest BCUT2D eigenvalue weighted by Crippen LogP contribution is 2.22. The summed E-state index contributed by atoms with van der Waals surface area (Å²) in [5.74, 6) is -0.881. The average molecular weight is 258 g/mol. The van der Waals surface area contributed by atoms with Crippen LogP contribution in [0.25, 0.3) is 0 Å². The first-order valence-corrected chi connectivity index (χ1v) is 6.41. The predicted octanol–water partition coefficient (Wildman–Crippen LogP) is 0.905. The van der Waals surface area contributed by atoms with Crippen molar-refractivity contribution >= 4 is 17.7 Å². The highest BCUT2D eigenvalue weighted by atomic mass is 16.2. The number of nitrogens with zero attached hydrogens (tertiary/aromatic N) is 2. The molecule has 0 atom stereocenters. The fraction of sp³-hybridized carbons (Fsp3) is 0.357. The van der Waals surface area contributed by atoms with Gasteiger partial charge >= 0.3 is 0 Å². The first kappa shape index (κ1) is 11.9.